The molecule has 188 valence electrons. The van der Waals surface area contributed by atoms with E-state index >= 15 is 0 Å². The summed E-state index contributed by atoms with van der Waals surface area (Å²) in [7, 11) is -2.55. The molecule has 1 heterocycles. The predicted octanol–water partition coefficient (Wildman–Crippen LogP) is 3.59. The third-order valence-electron chi connectivity index (χ3n) is 6.73. The number of anilines is 1. The normalized spacial score (nSPS) is 22.1. The fourth-order valence-electron chi connectivity index (χ4n) is 4.84. The van der Waals surface area contributed by atoms with Gasteiger partial charge in [0.2, 0.25) is 21.8 Å². The average Bonchev–Trinajstić information content (AvgIpc) is 2.84. The van der Waals surface area contributed by atoms with E-state index in [2.05, 4.69) is 5.32 Å². The van der Waals surface area contributed by atoms with Crippen LogP contribution in [0.15, 0.2) is 53.4 Å². The molecule has 0 spiro atoms. The van der Waals surface area contributed by atoms with Crippen LogP contribution >= 0.6 is 11.6 Å². The molecule has 1 saturated heterocycles. The third kappa shape index (κ3) is 5.17. The van der Waals surface area contributed by atoms with Gasteiger partial charge in [0, 0.05) is 23.3 Å². The number of nitrogens with zero attached hydrogens (tertiary/aromatic N) is 2. The minimum absolute atomic E-state index is 0.00189. The molecule has 2 aromatic carbocycles. The fourth-order valence-corrected chi connectivity index (χ4v) is 6.50. The lowest BCUT2D eigenvalue weighted by molar-refractivity contribution is -0.133. The van der Waals surface area contributed by atoms with Crippen molar-refractivity contribution in [3.05, 3.63) is 53.6 Å². The SMILES string of the molecule is COc1ccc(S(=O)(=O)N2CC(=O)N(c3cccc(Cl)c3)C(C)(C(=O)NC3CCCCC3)C2)cc1. The van der Waals surface area contributed by atoms with Crippen molar-refractivity contribution in [1.82, 2.24) is 9.62 Å². The molecule has 4 rings (SSSR count). The van der Waals surface area contributed by atoms with Crippen molar-refractivity contribution in [3.63, 3.8) is 0 Å². The van der Waals surface area contributed by atoms with Crippen molar-refractivity contribution in [2.75, 3.05) is 25.1 Å². The van der Waals surface area contributed by atoms with E-state index in [-0.39, 0.29) is 23.4 Å². The number of hydrogen-bond donors (Lipinski definition) is 1. The Morgan fingerprint density at radius 2 is 1.80 bits per heavy atom. The summed E-state index contributed by atoms with van der Waals surface area (Å²) in [6, 6.07) is 12.6. The molecule has 1 aliphatic heterocycles. The van der Waals surface area contributed by atoms with Crippen molar-refractivity contribution in [2.24, 2.45) is 0 Å². The second-order valence-corrected chi connectivity index (χ2v) is 11.6. The van der Waals surface area contributed by atoms with Gasteiger partial charge in [0.15, 0.2) is 0 Å². The van der Waals surface area contributed by atoms with E-state index in [0.29, 0.717) is 16.5 Å². The van der Waals surface area contributed by atoms with E-state index < -0.39 is 28.0 Å². The third-order valence-corrected chi connectivity index (χ3v) is 8.77. The van der Waals surface area contributed by atoms with Crippen LogP contribution in [0.5, 0.6) is 5.75 Å². The number of ether oxygens (including phenoxy) is 1. The molecule has 1 N–H and O–H groups in total. The molecule has 1 saturated carbocycles. The van der Waals surface area contributed by atoms with Crippen molar-refractivity contribution in [3.8, 4) is 5.75 Å². The molecule has 1 aliphatic carbocycles. The first kappa shape index (κ1) is 25.5. The maximum absolute atomic E-state index is 13.7. The first-order chi connectivity index (χ1) is 16.6. The maximum atomic E-state index is 13.7. The van der Waals surface area contributed by atoms with Crippen LogP contribution in [0, 0.1) is 0 Å². The van der Waals surface area contributed by atoms with Crippen molar-refractivity contribution < 1.29 is 22.7 Å². The van der Waals surface area contributed by atoms with E-state index in [0.717, 1.165) is 36.4 Å². The predicted molar refractivity (Wildman–Crippen MR) is 134 cm³/mol. The van der Waals surface area contributed by atoms with Crippen molar-refractivity contribution >= 4 is 39.1 Å². The van der Waals surface area contributed by atoms with Gasteiger partial charge in [-0.3, -0.25) is 14.5 Å². The molecule has 2 aliphatic rings. The molecule has 0 radical (unpaired) electrons. The van der Waals surface area contributed by atoms with Crippen LogP contribution in [-0.2, 0) is 19.6 Å². The number of amides is 2. The van der Waals surface area contributed by atoms with Crippen molar-refractivity contribution in [1.29, 1.82) is 0 Å². The molecule has 1 atom stereocenters. The summed E-state index contributed by atoms with van der Waals surface area (Å²) in [5.41, 5.74) is -1.03. The van der Waals surface area contributed by atoms with Crippen LogP contribution in [-0.4, -0.2) is 56.3 Å². The molecule has 2 amide bonds. The van der Waals surface area contributed by atoms with Crippen LogP contribution in [0.4, 0.5) is 5.69 Å². The quantitative estimate of drug-likeness (QED) is 0.629. The van der Waals surface area contributed by atoms with Gasteiger partial charge < -0.3 is 10.1 Å². The Hall–Kier alpha value is -2.62. The Bertz CT molecular complexity index is 1200. The lowest BCUT2D eigenvalue weighted by Gasteiger charge is -2.47. The first-order valence-corrected chi connectivity index (χ1v) is 13.5. The summed E-state index contributed by atoms with van der Waals surface area (Å²) in [5, 5.41) is 3.50. The molecule has 0 aromatic heterocycles. The Morgan fingerprint density at radius 3 is 2.43 bits per heavy atom. The zero-order valence-corrected chi connectivity index (χ0v) is 21.4. The Balaban J connectivity index is 1.71. The highest BCUT2D eigenvalue weighted by Gasteiger charge is 2.51. The van der Waals surface area contributed by atoms with Gasteiger partial charge >= 0.3 is 0 Å². The van der Waals surface area contributed by atoms with Gasteiger partial charge in [-0.2, -0.15) is 4.31 Å². The molecule has 10 heteroatoms. The summed E-state index contributed by atoms with van der Waals surface area (Å²) in [6.07, 6.45) is 4.90. The minimum atomic E-state index is -4.05. The average molecular weight is 520 g/mol. The number of nitrogens with one attached hydrogen (secondary N) is 1. The molecule has 35 heavy (non-hydrogen) atoms. The topological polar surface area (TPSA) is 96.0 Å². The van der Waals surface area contributed by atoms with Gasteiger partial charge in [-0.15, -0.1) is 0 Å². The number of carbonyl (C=O) groups excluding carboxylic acids is 2. The number of carbonyl (C=O) groups is 2. The second-order valence-electron chi connectivity index (χ2n) is 9.24. The number of benzene rings is 2. The molecule has 2 aromatic rings. The van der Waals surface area contributed by atoms with E-state index in [1.165, 1.54) is 24.1 Å². The number of rotatable bonds is 6. The minimum Gasteiger partial charge on any atom is -0.497 e. The van der Waals surface area contributed by atoms with Crippen LogP contribution in [0.1, 0.15) is 39.0 Å². The molecule has 8 nitrogen and oxygen atoms in total. The monoisotopic (exact) mass is 519 g/mol. The fraction of sp³-hybridized carbons (Fsp3) is 0.440. The van der Waals surface area contributed by atoms with Crippen LogP contribution in [0.25, 0.3) is 0 Å². The molecule has 2 fully saturated rings. The van der Waals surface area contributed by atoms with Gasteiger partial charge in [-0.25, -0.2) is 8.42 Å². The highest BCUT2D eigenvalue weighted by Crippen LogP contribution is 2.34. The molecular weight excluding hydrogens is 490 g/mol. The van der Waals surface area contributed by atoms with E-state index in [4.69, 9.17) is 16.3 Å². The molecule has 0 bridgehead atoms. The van der Waals surface area contributed by atoms with Crippen LogP contribution in [0.3, 0.4) is 0 Å². The lowest BCUT2D eigenvalue weighted by atomic mass is 9.91. The van der Waals surface area contributed by atoms with Gasteiger partial charge in [-0.1, -0.05) is 36.9 Å². The van der Waals surface area contributed by atoms with E-state index in [1.807, 2.05) is 0 Å². The summed E-state index contributed by atoms with van der Waals surface area (Å²) < 4.78 is 33.2. The van der Waals surface area contributed by atoms with Crippen molar-refractivity contribution in [2.45, 2.75) is 55.5 Å². The Labute approximate surface area is 211 Å². The highest BCUT2D eigenvalue weighted by molar-refractivity contribution is 7.89. The standard InChI is InChI=1S/C25H30ClN3O5S/c1-25(24(31)27-19-8-4-3-5-9-19)17-28(35(32,33)22-13-11-21(34-2)12-14-22)16-23(30)29(25)20-10-6-7-18(26)15-20/h6-7,10-15,19H,3-5,8-9,16-17H2,1-2H3,(H,27,31). The molecular formula is C25H30ClN3O5S. The molecule has 1 unspecified atom stereocenters. The number of sulfonamides is 1. The number of halogens is 1. The maximum Gasteiger partial charge on any atom is 0.247 e. The lowest BCUT2D eigenvalue weighted by Crippen LogP contribution is -2.70. The summed E-state index contributed by atoms with van der Waals surface area (Å²) >= 11 is 6.19. The number of methoxy groups -OCH3 is 1. The number of hydrogen-bond acceptors (Lipinski definition) is 5. The van der Waals surface area contributed by atoms with E-state index in [9.17, 15) is 18.0 Å². The Kier molecular flexibility index (Phi) is 7.40. The van der Waals surface area contributed by atoms with Gasteiger partial charge in [0.1, 0.15) is 11.3 Å². The zero-order chi connectivity index (χ0) is 25.2. The second kappa shape index (κ2) is 10.2. The van der Waals surface area contributed by atoms with Gasteiger partial charge in [-0.05, 0) is 62.2 Å². The number of piperazine rings is 1. The summed E-state index contributed by atoms with van der Waals surface area (Å²) in [6.45, 7) is 1.02. The van der Waals surface area contributed by atoms with Crippen LogP contribution < -0.4 is 15.0 Å². The summed E-state index contributed by atoms with van der Waals surface area (Å²) in [4.78, 5) is 28.6. The first-order valence-electron chi connectivity index (χ1n) is 11.7. The smallest absolute Gasteiger partial charge is 0.247 e. The Morgan fingerprint density at radius 1 is 1.11 bits per heavy atom. The largest absolute Gasteiger partial charge is 0.497 e. The van der Waals surface area contributed by atoms with Crippen LogP contribution in [0.2, 0.25) is 5.02 Å². The zero-order valence-electron chi connectivity index (χ0n) is 19.9. The highest BCUT2D eigenvalue weighted by atomic mass is 35.5. The van der Waals surface area contributed by atoms with Gasteiger partial charge in [0.05, 0.1) is 18.6 Å². The van der Waals surface area contributed by atoms with E-state index in [1.54, 1.807) is 43.3 Å². The summed E-state index contributed by atoms with van der Waals surface area (Å²) in [5.74, 6) is -0.369. The van der Waals surface area contributed by atoms with Gasteiger partial charge in [0.25, 0.3) is 0 Å².